The Balaban J connectivity index is 1.77. The van der Waals surface area contributed by atoms with Crippen molar-refractivity contribution in [3.8, 4) is 6.01 Å². The van der Waals surface area contributed by atoms with Crippen LogP contribution in [0.1, 0.15) is 5.82 Å². The van der Waals surface area contributed by atoms with Crippen LogP contribution in [0.2, 0.25) is 0 Å². The zero-order valence-corrected chi connectivity index (χ0v) is 14.6. The molecule has 2 aromatic heterocycles. The molecule has 0 atom stereocenters. The lowest BCUT2D eigenvalue weighted by Crippen LogP contribution is -2.37. The van der Waals surface area contributed by atoms with Crippen molar-refractivity contribution < 1.29 is 17.9 Å². The monoisotopic (exact) mass is 371 g/mol. The molecule has 0 radical (unpaired) electrons. The van der Waals surface area contributed by atoms with Crippen LogP contribution in [-0.2, 0) is 21.3 Å². The Morgan fingerprint density at radius 3 is 2.79 bits per heavy atom. The van der Waals surface area contributed by atoms with Crippen molar-refractivity contribution in [2.75, 3.05) is 38.3 Å². The average molecular weight is 371 g/mol. The standard InChI is InChI=1S/C13H17N5O4S2/c1-21-13-16-10(9-14-24(19,20)11-3-2-8-23-11)15-12(17-13)18-4-6-22-7-5-18/h2-3,8,14H,4-7,9H2,1H3. The van der Waals surface area contributed by atoms with Crippen molar-refractivity contribution in [1.82, 2.24) is 19.7 Å². The van der Waals surface area contributed by atoms with Gasteiger partial charge in [-0.3, -0.25) is 0 Å². The van der Waals surface area contributed by atoms with E-state index in [0.29, 0.717) is 38.1 Å². The number of nitrogens with one attached hydrogen (secondary N) is 1. The van der Waals surface area contributed by atoms with E-state index in [1.807, 2.05) is 4.90 Å². The summed E-state index contributed by atoms with van der Waals surface area (Å²) >= 11 is 1.15. The molecule has 3 heterocycles. The minimum absolute atomic E-state index is 0.0452. The third-order valence-electron chi connectivity index (χ3n) is 3.31. The lowest BCUT2D eigenvalue weighted by atomic mass is 10.4. The van der Waals surface area contributed by atoms with Crippen LogP contribution in [0.25, 0.3) is 0 Å². The molecular formula is C13H17N5O4S2. The number of nitrogens with zero attached hydrogens (tertiary/aromatic N) is 4. The van der Waals surface area contributed by atoms with Gasteiger partial charge in [0.25, 0.3) is 0 Å². The van der Waals surface area contributed by atoms with Crippen LogP contribution >= 0.6 is 11.3 Å². The van der Waals surface area contributed by atoms with Gasteiger partial charge >= 0.3 is 6.01 Å². The molecular weight excluding hydrogens is 354 g/mol. The Labute approximate surface area is 143 Å². The number of morpholine rings is 1. The summed E-state index contributed by atoms with van der Waals surface area (Å²) < 4.78 is 37.5. The summed E-state index contributed by atoms with van der Waals surface area (Å²) in [6.07, 6.45) is 0. The fourth-order valence-corrected chi connectivity index (χ4v) is 4.13. The summed E-state index contributed by atoms with van der Waals surface area (Å²) in [6, 6.07) is 3.37. The topological polar surface area (TPSA) is 107 Å². The Bertz CT molecular complexity index is 776. The van der Waals surface area contributed by atoms with Gasteiger partial charge < -0.3 is 14.4 Å². The maximum Gasteiger partial charge on any atom is 0.321 e. The summed E-state index contributed by atoms with van der Waals surface area (Å²) in [5, 5.41) is 1.71. The van der Waals surface area contributed by atoms with Crippen LogP contribution < -0.4 is 14.4 Å². The first kappa shape index (κ1) is 17.0. The zero-order valence-electron chi connectivity index (χ0n) is 13.0. The molecule has 9 nitrogen and oxygen atoms in total. The summed E-state index contributed by atoms with van der Waals surface area (Å²) in [7, 11) is -2.12. The smallest absolute Gasteiger partial charge is 0.321 e. The lowest BCUT2D eigenvalue weighted by Gasteiger charge is -2.26. The van der Waals surface area contributed by atoms with Gasteiger partial charge in [-0.05, 0) is 11.4 Å². The SMILES string of the molecule is COc1nc(CNS(=O)(=O)c2cccs2)nc(N2CCOCC2)n1. The molecule has 1 saturated heterocycles. The number of methoxy groups -OCH3 is 1. The highest BCUT2D eigenvalue weighted by Gasteiger charge is 2.19. The quantitative estimate of drug-likeness (QED) is 0.770. The molecule has 1 fully saturated rings. The molecule has 11 heteroatoms. The first-order valence-corrected chi connectivity index (χ1v) is 9.59. The minimum Gasteiger partial charge on any atom is -0.467 e. The van der Waals surface area contributed by atoms with Gasteiger partial charge in [0.05, 0.1) is 26.9 Å². The number of sulfonamides is 1. The largest absolute Gasteiger partial charge is 0.467 e. The summed E-state index contributed by atoms with van der Waals surface area (Å²) in [4.78, 5) is 14.6. The second kappa shape index (κ2) is 7.38. The second-order valence-electron chi connectivity index (χ2n) is 4.89. The molecule has 0 aliphatic carbocycles. The third kappa shape index (κ3) is 3.98. The molecule has 0 aromatic carbocycles. The van der Waals surface area contributed by atoms with Crippen molar-refractivity contribution in [2.24, 2.45) is 0 Å². The van der Waals surface area contributed by atoms with E-state index in [-0.39, 0.29) is 16.8 Å². The second-order valence-corrected chi connectivity index (χ2v) is 7.84. The maximum atomic E-state index is 12.2. The highest BCUT2D eigenvalue weighted by atomic mass is 32.2. The predicted octanol–water partition coefficient (Wildman–Crippen LogP) is 0.257. The van der Waals surface area contributed by atoms with Gasteiger partial charge in [0.15, 0.2) is 5.82 Å². The maximum absolute atomic E-state index is 12.2. The number of aromatic nitrogens is 3. The molecule has 24 heavy (non-hydrogen) atoms. The van der Waals surface area contributed by atoms with Gasteiger partial charge in [-0.1, -0.05) is 6.07 Å². The van der Waals surface area contributed by atoms with E-state index < -0.39 is 10.0 Å². The van der Waals surface area contributed by atoms with E-state index in [4.69, 9.17) is 9.47 Å². The third-order valence-corrected chi connectivity index (χ3v) is 6.10. The molecule has 2 aromatic rings. The van der Waals surface area contributed by atoms with E-state index in [1.165, 1.54) is 7.11 Å². The first-order chi connectivity index (χ1) is 11.6. The summed E-state index contributed by atoms with van der Waals surface area (Å²) in [5.41, 5.74) is 0. The van der Waals surface area contributed by atoms with E-state index in [1.54, 1.807) is 17.5 Å². The van der Waals surface area contributed by atoms with Gasteiger partial charge in [-0.15, -0.1) is 11.3 Å². The highest BCUT2D eigenvalue weighted by molar-refractivity contribution is 7.91. The highest BCUT2D eigenvalue weighted by Crippen LogP contribution is 2.17. The van der Waals surface area contributed by atoms with Gasteiger partial charge in [-0.2, -0.15) is 15.0 Å². The Morgan fingerprint density at radius 2 is 2.12 bits per heavy atom. The number of rotatable bonds is 6. The van der Waals surface area contributed by atoms with Crippen LogP contribution in [-0.4, -0.2) is 56.8 Å². The number of ether oxygens (including phenoxy) is 2. The molecule has 1 aliphatic rings. The number of anilines is 1. The molecule has 1 aliphatic heterocycles. The molecule has 3 rings (SSSR count). The normalized spacial score (nSPS) is 15.5. The van der Waals surface area contributed by atoms with Crippen LogP contribution in [0.4, 0.5) is 5.95 Å². The molecule has 0 spiro atoms. The Hall–Kier alpha value is -1.82. The van der Waals surface area contributed by atoms with Gasteiger partial charge in [-0.25, -0.2) is 13.1 Å². The molecule has 0 unspecified atom stereocenters. The molecule has 1 N–H and O–H groups in total. The van der Waals surface area contributed by atoms with Crippen molar-refractivity contribution in [3.63, 3.8) is 0 Å². The molecule has 130 valence electrons. The summed E-state index contributed by atoms with van der Waals surface area (Å²) in [5.74, 6) is 0.749. The molecule has 0 bridgehead atoms. The fraction of sp³-hybridized carbons (Fsp3) is 0.462. The van der Waals surface area contributed by atoms with Gasteiger partial charge in [0, 0.05) is 13.1 Å². The van der Waals surface area contributed by atoms with Crippen LogP contribution in [0, 0.1) is 0 Å². The molecule has 0 amide bonds. The first-order valence-electron chi connectivity index (χ1n) is 7.23. The van der Waals surface area contributed by atoms with E-state index in [2.05, 4.69) is 19.7 Å². The van der Waals surface area contributed by atoms with E-state index in [0.717, 1.165) is 11.3 Å². The minimum atomic E-state index is -3.58. The lowest BCUT2D eigenvalue weighted by molar-refractivity contribution is 0.122. The van der Waals surface area contributed by atoms with E-state index in [9.17, 15) is 8.42 Å². The van der Waals surface area contributed by atoms with Gasteiger partial charge in [0.2, 0.25) is 16.0 Å². The Morgan fingerprint density at radius 1 is 1.33 bits per heavy atom. The van der Waals surface area contributed by atoms with Gasteiger partial charge in [0.1, 0.15) is 4.21 Å². The number of thiophene rings is 1. The van der Waals surface area contributed by atoms with Crippen molar-refractivity contribution in [2.45, 2.75) is 10.8 Å². The Kier molecular flexibility index (Phi) is 5.23. The van der Waals surface area contributed by atoms with Crippen LogP contribution in [0.3, 0.4) is 0 Å². The zero-order chi connectivity index (χ0) is 17.0. The van der Waals surface area contributed by atoms with Crippen LogP contribution in [0.15, 0.2) is 21.7 Å². The van der Waals surface area contributed by atoms with Crippen LogP contribution in [0.5, 0.6) is 6.01 Å². The average Bonchev–Trinajstić information content (AvgIpc) is 3.16. The molecule has 0 saturated carbocycles. The van der Waals surface area contributed by atoms with Crippen molar-refractivity contribution in [1.29, 1.82) is 0 Å². The predicted molar refractivity (Wildman–Crippen MR) is 87.8 cm³/mol. The number of hydrogen-bond acceptors (Lipinski definition) is 9. The fourth-order valence-electron chi connectivity index (χ4n) is 2.11. The van der Waals surface area contributed by atoms with Crippen molar-refractivity contribution >= 4 is 27.3 Å². The van der Waals surface area contributed by atoms with E-state index >= 15 is 0 Å². The van der Waals surface area contributed by atoms with Crippen molar-refractivity contribution in [3.05, 3.63) is 23.3 Å². The number of hydrogen-bond donors (Lipinski definition) is 1. The summed E-state index contributed by atoms with van der Waals surface area (Å²) in [6.45, 7) is 2.46.